The van der Waals surface area contributed by atoms with Crippen LogP contribution in [0.4, 0.5) is 0 Å². The van der Waals surface area contributed by atoms with E-state index in [4.69, 9.17) is 10.2 Å². The van der Waals surface area contributed by atoms with Crippen LogP contribution in [0.25, 0.3) is 0 Å². The molecule has 7 heteroatoms. The first-order chi connectivity index (χ1) is 9.60. The van der Waals surface area contributed by atoms with Crippen LogP contribution in [0.3, 0.4) is 0 Å². The van der Waals surface area contributed by atoms with Crippen LogP contribution >= 0.6 is 0 Å². The number of nitrogens with two attached hydrogens (primary N) is 1. The normalized spacial score (nSPS) is 18.6. The topological polar surface area (TPSA) is 88.5 Å². The molecule has 0 aromatic carbocycles. The lowest BCUT2D eigenvalue weighted by Gasteiger charge is -2.33. The van der Waals surface area contributed by atoms with Gasteiger partial charge in [0, 0.05) is 19.6 Å². The minimum absolute atomic E-state index is 0.177. The number of carbonyl (C=O) groups is 1. The Bertz CT molecular complexity index is 446. The van der Waals surface area contributed by atoms with Gasteiger partial charge in [-0.05, 0) is 13.3 Å². The molecule has 0 spiro atoms. The first-order valence-corrected chi connectivity index (χ1v) is 7.18. The Kier molecular flexibility index (Phi) is 5.08. The summed E-state index contributed by atoms with van der Waals surface area (Å²) in [4.78, 5) is 16.0. The Morgan fingerprint density at radius 3 is 2.80 bits per heavy atom. The van der Waals surface area contributed by atoms with Crippen LogP contribution in [0.5, 0.6) is 0 Å². The third kappa shape index (κ3) is 3.77. The lowest BCUT2D eigenvalue weighted by atomic mass is 10.2. The van der Waals surface area contributed by atoms with Gasteiger partial charge in [0.05, 0.1) is 19.1 Å². The Balaban J connectivity index is 1.84. The van der Waals surface area contributed by atoms with Crippen molar-refractivity contribution in [2.75, 3.05) is 26.2 Å². The molecule has 1 amide bonds. The van der Waals surface area contributed by atoms with E-state index in [0.29, 0.717) is 24.9 Å². The minimum atomic E-state index is -0.260. The molecule has 1 aromatic heterocycles. The van der Waals surface area contributed by atoms with Crippen LogP contribution in [0.1, 0.15) is 44.5 Å². The maximum atomic E-state index is 12.0. The quantitative estimate of drug-likeness (QED) is 0.818. The monoisotopic (exact) mass is 281 g/mol. The van der Waals surface area contributed by atoms with Gasteiger partial charge in [0.25, 0.3) is 0 Å². The summed E-state index contributed by atoms with van der Waals surface area (Å²) in [5, 5.41) is 7.85. The second-order valence-corrected chi connectivity index (χ2v) is 5.27. The largest absolute Gasteiger partial charge is 0.422 e. The molecule has 1 aliphatic heterocycles. The highest BCUT2D eigenvalue weighted by atomic mass is 16.4. The van der Waals surface area contributed by atoms with E-state index in [1.54, 1.807) is 6.92 Å². The zero-order valence-corrected chi connectivity index (χ0v) is 12.2. The van der Waals surface area contributed by atoms with Gasteiger partial charge < -0.3 is 15.1 Å². The summed E-state index contributed by atoms with van der Waals surface area (Å²) in [5.41, 5.74) is 5.68. The van der Waals surface area contributed by atoms with E-state index >= 15 is 0 Å². The molecule has 7 nitrogen and oxygen atoms in total. The van der Waals surface area contributed by atoms with Crippen molar-refractivity contribution >= 4 is 5.91 Å². The molecule has 2 rings (SSSR count). The number of aromatic nitrogens is 2. The van der Waals surface area contributed by atoms with Gasteiger partial charge in [-0.1, -0.05) is 13.3 Å². The van der Waals surface area contributed by atoms with Crippen molar-refractivity contribution in [2.45, 2.75) is 39.3 Å². The number of amides is 1. The van der Waals surface area contributed by atoms with E-state index in [2.05, 4.69) is 17.1 Å². The molecule has 0 saturated carbocycles. The molecule has 1 aromatic rings. The van der Waals surface area contributed by atoms with Crippen LogP contribution in [-0.2, 0) is 11.3 Å². The standard InChI is InChI=1S/C13H23N5O2/c1-3-4-5-18-7-6-17(9-12(18)19)8-11-15-16-13(20-11)10(2)14/h10H,3-9,14H2,1-2H3/t10-/m0/s1. The fourth-order valence-electron chi connectivity index (χ4n) is 2.18. The van der Waals surface area contributed by atoms with Gasteiger partial charge in [-0.15, -0.1) is 10.2 Å². The number of hydrogen-bond acceptors (Lipinski definition) is 6. The summed E-state index contributed by atoms with van der Waals surface area (Å²) < 4.78 is 5.46. The van der Waals surface area contributed by atoms with Crippen LogP contribution in [0.15, 0.2) is 4.42 Å². The van der Waals surface area contributed by atoms with E-state index in [1.807, 2.05) is 9.80 Å². The fraction of sp³-hybridized carbons (Fsp3) is 0.769. The van der Waals surface area contributed by atoms with Crippen LogP contribution < -0.4 is 5.73 Å². The van der Waals surface area contributed by atoms with E-state index < -0.39 is 0 Å². The van der Waals surface area contributed by atoms with Crippen molar-refractivity contribution in [1.82, 2.24) is 20.0 Å². The van der Waals surface area contributed by atoms with E-state index in [-0.39, 0.29) is 11.9 Å². The van der Waals surface area contributed by atoms with Crippen LogP contribution in [-0.4, -0.2) is 52.1 Å². The van der Waals surface area contributed by atoms with Gasteiger partial charge in [-0.25, -0.2) is 0 Å². The Morgan fingerprint density at radius 1 is 1.40 bits per heavy atom. The summed E-state index contributed by atoms with van der Waals surface area (Å²) in [5.74, 6) is 1.14. The molecule has 1 aliphatic rings. The zero-order valence-electron chi connectivity index (χ0n) is 12.2. The number of hydrogen-bond donors (Lipinski definition) is 1. The average Bonchev–Trinajstić information content (AvgIpc) is 2.86. The molecule has 0 aliphatic carbocycles. The third-order valence-electron chi connectivity index (χ3n) is 3.41. The first kappa shape index (κ1) is 14.9. The number of unbranched alkanes of at least 4 members (excludes halogenated alkanes) is 1. The smallest absolute Gasteiger partial charge is 0.236 e. The predicted molar refractivity (Wildman–Crippen MR) is 73.7 cm³/mol. The highest BCUT2D eigenvalue weighted by Gasteiger charge is 2.24. The van der Waals surface area contributed by atoms with E-state index in [1.165, 1.54) is 0 Å². The van der Waals surface area contributed by atoms with Crippen LogP contribution in [0.2, 0.25) is 0 Å². The summed E-state index contributed by atoms with van der Waals surface area (Å²) in [6.07, 6.45) is 2.17. The van der Waals surface area contributed by atoms with Crippen LogP contribution in [0, 0.1) is 0 Å². The summed E-state index contributed by atoms with van der Waals surface area (Å²) in [6, 6.07) is -0.260. The number of nitrogens with zero attached hydrogens (tertiary/aromatic N) is 4. The third-order valence-corrected chi connectivity index (χ3v) is 3.41. The molecule has 2 heterocycles. The molecular weight excluding hydrogens is 258 g/mol. The second kappa shape index (κ2) is 6.81. The highest BCUT2D eigenvalue weighted by Crippen LogP contribution is 2.12. The maximum Gasteiger partial charge on any atom is 0.236 e. The van der Waals surface area contributed by atoms with Gasteiger partial charge >= 0.3 is 0 Å². The van der Waals surface area contributed by atoms with Crippen molar-refractivity contribution in [3.63, 3.8) is 0 Å². The Hall–Kier alpha value is -1.47. The molecule has 0 unspecified atom stereocenters. The highest BCUT2D eigenvalue weighted by molar-refractivity contribution is 5.78. The summed E-state index contributed by atoms with van der Waals surface area (Å²) >= 11 is 0. The molecule has 1 saturated heterocycles. The van der Waals surface area contributed by atoms with Gasteiger partial charge in [0.1, 0.15) is 0 Å². The van der Waals surface area contributed by atoms with Crippen molar-refractivity contribution < 1.29 is 9.21 Å². The molecule has 2 N–H and O–H groups in total. The van der Waals surface area contributed by atoms with E-state index in [9.17, 15) is 4.79 Å². The summed E-state index contributed by atoms with van der Waals surface area (Å²) in [7, 11) is 0. The molecule has 0 radical (unpaired) electrons. The first-order valence-electron chi connectivity index (χ1n) is 7.18. The predicted octanol–water partition coefficient (Wildman–Crippen LogP) is 0.534. The van der Waals surface area contributed by atoms with Gasteiger partial charge in [0.2, 0.25) is 17.7 Å². The average molecular weight is 281 g/mol. The lowest BCUT2D eigenvalue weighted by molar-refractivity contribution is -0.136. The van der Waals surface area contributed by atoms with Crippen molar-refractivity contribution in [1.29, 1.82) is 0 Å². The summed E-state index contributed by atoms with van der Waals surface area (Å²) in [6.45, 7) is 7.32. The van der Waals surface area contributed by atoms with Gasteiger partial charge in [-0.3, -0.25) is 9.69 Å². The lowest BCUT2D eigenvalue weighted by Crippen LogP contribution is -2.50. The van der Waals surface area contributed by atoms with Crippen molar-refractivity contribution in [3.05, 3.63) is 11.8 Å². The molecule has 112 valence electrons. The number of rotatable bonds is 6. The molecule has 1 atom stereocenters. The van der Waals surface area contributed by atoms with Gasteiger partial charge in [-0.2, -0.15) is 0 Å². The maximum absolute atomic E-state index is 12.0. The van der Waals surface area contributed by atoms with E-state index in [0.717, 1.165) is 32.5 Å². The molecule has 1 fully saturated rings. The number of piperazine rings is 1. The van der Waals surface area contributed by atoms with Crippen molar-refractivity contribution in [3.8, 4) is 0 Å². The second-order valence-electron chi connectivity index (χ2n) is 5.27. The Morgan fingerprint density at radius 2 is 2.20 bits per heavy atom. The molecule has 0 bridgehead atoms. The number of carbonyl (C=O) groups excluding carboxylic acids is 1. The zero-order chi connectivity index (χ0) is 14.5. The van der Waals surface area contributed by atoms with Gasteiger partial charge in [0.15, 0.2) is 0 Å². The minimum Gasteiger partial charge on any atom is -0.422 e. The SMILES string of the molecule is CCCCN1CCN(Cc2nnc([C@H](C)N)o2)CC1=O. The Labute approximate surface area is 119 Å². The fourth-order valence-corrected chi connectivity index (χ4v) is 2.18. The van der Waals surface area contributed by atoms with Crippen molar-refractivity contribution in [2.24, 2.45) is 5.73 Å². The molecule has 20 heavy (non-hydrogen) atoms. The molecular formula is C13H23N5O2.